The van der Waals surface area contributed by atoms with Crippen molar-refractivity contribution in [1.82, 2.24) is 19.7 Å². The quantitative estimate of drug-likeness (QED) is 0.442. The number of aromatic nitrogens is 4. The topological polar surface area (TPSA) is 103 Å². The van der Waals surface area contributed by atoms with Crippen molar-refractivity contribution < 1.29 is 14.1 Å². The van der Waals surface area contributed by atoms with Gasteiger partial charge < -0.3 is 13.8 Å². The minimum Gasteiger partial charge on any atom is -0.482 e. The average Bonchev–Trinajstić information content (AvgIpc) is 3.27. The zero-order valence-corrected chi connectivity index (χ0v) is 18.8. The van der Waals surface area contributed by atoms with Gasteiger partial charge in [-0.1, -0.05) is 23.7 Å². The monoisotopic (exact) mass is 465 g/mol. The van der Waals surface area contributed by atoms with E-state index in [1.54, 1.807) is 29.7 Å². The van der Waals surface area contributed by atoms with E-state index in [4.69, 9.17) is 20.9 Å². The molecule has 3 heterocycles. The van der Waals surface area contributed by atoms with Gasteiger partial charge in [-0.25, -0.2) is 4.98 Å². The van der Waals surface area contributed by atoms with Crippen LogP contribution in [0.25, 0.3) is 22.4 Å². The van der Waals surface area contributed by atoms with Crippen molar-refractivity contribution in [3.05, 3.63) is 63.4 Å². The number of nitrogens with zero attached hydrogens (tertiary/aromatic N) is 5. The Kier molecular flexibility index (Phi) is 5.33. The van der Waals surface area contributed by atoms with Gasteiger partial charge in [0.1, 0.15) is 18.0 Å². The highest BCUT2D eigenvalue weighted by Crippen LogP contribution is 2.35. The molecule has 0 saturated carbocycles. The molecule has 0 bridgehead atoms. The van der Waals surface area contributed by atoms with E-state index in [0.29, 0.717) is 45.6 Å². The maximum absolute atomic E-state index is 12.5. The van der Waals surface area contributed by atoms with E-state index in [9.17, 15) is 9.59 Å². The Morgan fingerprint density at radius 2 is 1.97 bits per heavy atom. The summed E-state index contributed by atoms with van der Waals surface area (Å²) in [6, 6.07) is 10.6. The lowest BCUT2D eigenvalue weighted by atomic mass is 10.1. The Balaban J connectivity index is 1.47. The van der Waals surface area contributed by atoms with Gasteiger partial charge in [0.15, 0.2) is 6.61 Å². The Morgan fingerprint density at radius 1 is 1.12 bits per heavy atom. The van der Waals surface area contributed by atoms with E-state index in [1.165, 1.54) is 4.90 Å². The summed E-state index contributed by atoms with van der Waals surface area (Å²) in [5.41, 5.74) is 3.03. The number of halogens is 1. The number of ether oxygens (including phenoxy) is 1. The number of fused-ring (bicyclic) bond motifs is 2. The van der Waals surface area contributed by atoms with Crippen LogP contribution in [0.2, 0.25) is 5.02 Å². The molecule has 4 aromatic rings. The average molecular weight is 466 g/mol. The van der Waals surface area contributed by atoms with E-state index < -0.39 is 0 Å². The molecule has 168 valence electrons. The summed E-state index contributed by atoms with van der Waals surface area (Å²) >= 11 is 6.10. The SMILES string of the molecule is CCCn1c(=O)c(C)nc2cc(-c3noc(CN4C(=O)COc5ccc(Cl)cc54)n3)ccc21. The molecule has 0 unspecified atom stereocenters. The molecule has 9 nitrogen and oxygen atoms in total. The normalized spacial score (nSPS) is 13.3. The molecule has 0 fully saturated rings. The van der Waals surface area contributed by atoms with Crippen LogP contribution in [0.4, 0.5) is 5.69 Å². The number of carbonyl (C=O) groups is 1. The number of carbonyl (C=O) groups excluding carboxylic acids is 1. The molecule has 0 spiro atoms. The van der Waals surface area contributed by atoms with Crippen LogP contribution in [0, 0.1) is 6.92 Å². The first-order valence-corrected chi connectivity index (χ1v) is 10.9. The number of aryl methyl sites for hydroxylation is 2. The lowest BCUT2D eigenvalue weighted by molar-refractivity contribution is -0.121. The number of hydrogen-bond donors (Lipinski definition) is 0. The maximum Gasteiger partial charge on any atom is 0.272 e. The summed E-state index contributed by atoms with van der Waals surface area (Å²) in [7, 11) is 0. The zero-order valence-electron chi connectivity index (χ0n) is 18.0. The zero-order chi connectivity index (χ0) is 23.1. The first-order chi connectivity index (χ1) is 15.9. The van der Waals surface area contributed by atoms with Gasteiger partial charge in [0.05, 0.1) is 16.7 Å². The van der Waals surface area contributed by atoms with Gasteiger partial charge in [-0.15, -0.1) is 0 Å². The fourth-order valence-corrected chi connectivity index (χ4v) is 4.05. The third kappa shape index (κ3) is 3.84. The van der Waals surface area contributed by atoms with Crippen molar-refractivity contribution in [1.29, 1.82) is 0 Å². The summed E-state index contributed by atoms with van der Waals surface area (Å²) in [6.07, 6.45) is 0.836. The minimum atomic E-state index is -0.233. The molecule has 0 radical (unpaired) electrons. The highest BCUT2D eigenvalue weighted by atomic mass is 35.5. The summed E-state index contributed by atoms with van der Waals surface area (Å²) in [5, 5.41) is 4.57. The van der Waals surface area contributed by atoms with Crippen LogP contribution in [0.15, 0.2) is 45.7 Å². The second-order valence-corrected chi connectivity index (χ2v) is 8.19. The van der Waals surface area contributed by atoms with Gasteiger partial charge in [0, 0.05) is 17.1 Å². The molecule has 1 amide bonds. The molecule has 0 N–H and O–H groups in total. The van der Waals surface area contributed by atoms with Gasteiger partial charge in [-0.3, -0.25) is 14.5 Å². The summed E-state index contributed by atoms with van der Waals surface area (Å²) in [6.45, 7) is 4.35. The van der Waals surface area contributed by atoms with Gasteiger partial charge in [0.25, 0.3) is 11.5 Å². The number of rotatable bonds is 5. The Hall–Kier alpha value is -3.72. The van der Waals surface area contributed by atoms with Crippen LogP contribution >= 0.6 is 11.6 Å². The fraction of sp³-hybridized carbons (Fsp3) is 0.261. The molecular weight excluding hydrogens is 446 g/mol. The van der Waals surface area contributed by atoms with Crippen LogP contribution in [0.5, 0.6) is 5.75 Å². The van der Waals surface area contributed by atoms with Crippen molar-refractivity contribution >= 4 is 34.2 Å². The Labute approximate surface area is 193 Å². The number of anilines is 1. The lowest BCUT2D eigenvalue weighted by Crippen LogP contribution is -2.38. The van der Waals surface area contributed by atoms with Gasteiger partial charge in [0.2, 0.25) is 11.7 Å². The van der Waals surface area contributed by atoms with Crippen LogP contribution in [0.3, 0.4) is 0 Å². The number of hydrogen-bond acceptors (Lipinski definition) is 7. The Morgan fingerprint density at radius 3 is 2.79 bits per heavy atom. The first kappa shape index (κ1) is 21.1. The number of amides is 1. The second-order valence-electron chi connectivity index (χ2n) is 7.75. The molecule has 2 aromatic heterocycles. The maximum atomic E-state index is 12.5. The summed E-state index contributed by atoms with van der Waals surface area (Å²) < 4.78 is 12.6. The largest absolute Gasteiger partial charge is 0.482 e. The highest BCUT2D eigenvalue weighted by Gasteiger charge is 2.28. The standard InChI is InChI=1S/C23H20ClN5O4/c1-3-8-28-17-6-4-14(9-16(17)25-13(2)23(28)31)22-26-20(33-27-22)11-29-18-10-15(24)5-7-19(18)32-12-21(29)30/h4-7,9-10H,3,8,11-12H2,1-2H3. The van der Waals surface area contributed by atoms with Gasteiger partial charge >= 0.3 is 0 Å². The van der Waals surface area contributed by atoms with Crippen molar-refractivity contribution in [2.45, 2.75) is 33.4 Å². The predicted molar refractivity (Wildman–Crippen MR) is 122 cm³/mol. The van der Waals surface area contributed by atoms with Crippen molar-refractivity contribution in [2.75, 3.05) is 11.5 Å². The van der Waals surface area contributed by atoms with Crippen molar-refractivity contribution in [3.8, 4) is 17.1 Å². The van der Waals surface area contributed by atoms with Crippen LogP contribution in [-0.4, -0.2) is 32.2 Å². The predicted octanol–water partition coefficient (Wildman–Crippen LogP) is 3.74. The smallest absolute Gasteiger partial charge is 0.272 e. The van der Waals surface area contributed by atoms with E-state index >= 15 is 0 Å². The lowest BCUT2D eigenvalue weighted by Gasteiger charge is -2.28. The van der Waals surface area contributed by atoms with E-state index in [1.807, 2.05) is 25.1 Å². The third-order valence-electron chi connectivity index (χ3n) is 5.44. The van der Waals surface area contributed by atoms with E-state index in [2.05, 4.69) is 15.1 Å². The van der Waals surface area contributed by atoms with Crippen molar-refractivity contribution in [2.24, 2.45) is 0 Å². The van der Waals surface area contributed by atoms with Gasteiger partial charge in [-0.05, 0) is 49.7 Å². The minimum absolute atomic E-state index is 0.0786. The summed E-state index contributed by atoms with van der Waals surface area (Å²) in [4.78, 5) is 35.4. The molecule has 1 aliphatic heterocycles. The van der Waals surface area contributed by atoms with Crippen LogP contribution < -0.4 is 15.2 Å². The highest BCUT2D eigenvalue weighted by molar-refractivity contribution is 6.31. The molecule has 0 aliphatic carbocycles. The second kappa shape index (κ2) is 8.32. The molecule has 0 atom stereocenters. The van der Waals surface area contributed by atoms with Crippen LogP contribution in [-0.2, 0) is 17.9 Å². The molecule has 1 aliphatic rings. The van der Waals surface area contributed by atoms with Gasteiger partial charge in [-0.2, -0.15) is 4.98 Å². The van der Waals surface area contributed by atoms with Crippen LogP contribution in [0.1, 0.15) is 24.9 Å². The van der Waals surface area contributed by atoms with E-state index in [-0.39, 0.29) is 30.5 Å². The van der Waals surface area contributed by atoms with Crippen molar-refractivity contribution in [3.63, 3.8) is 0 Å². The molecule has 0 saturated heterocycles. The third-order valence-corrected chi connectivity index (χ3v) is 5.67. The Bertz CT molecular complexity index is 1440. The summed E-state index contributed by atoms with van der Waals surface area (Å²) in [5.74, 6) is 0.967. The molecule has 5 rings (SSSR count). The number of benzene rings is 2. The molecular formula is C23H20ClN5O4. The first-order valence-electron chi connectivity index (χ1n) is 10.5. The van der Waals surface area contributed by atoms with E-state index in [0.717, 1.165) is 11.9 Å². The fourth-order valence-electron chi connectivity index (χ4n) is 3.88. The molecule has 33 heavy (non-hydrogen) atoms. The molecule has 10 heteroatoms. The molecule has 2 aromatic carbocycles.